The molecule has 0 bridgehead atoms. The molecular weight excluding hydrogens is 432 g/mol. The van der Waals surface area contributed by atoms with Gasteiger partial charge in [0, 0.05) is 21.8 Å². The third-order valence-electron chi connectivity index (χ3n) is 3.61. The van der Waals surface area contributed by atoms with Crippen LogP contribution < -0.4 is 10.0 Å². The molecule has 0 aliphatic rings. The zero-order valence-corrected chi connectivity index (χ0v) is 16.3. The van der Waals surface area contributed by atoms with Crippen molar-refractivity contribution in [3.63, 3.8) is 0 Å². The van der Waals surface area contributed by atoms with E-state index in [1.165, 1.54) is 48.5 Å². The lowest BCUT2D eigenvalue weighted by atomic mass is 10.2. The van der Waals surface area contributed by atoms with Crippen LogP contribution in [0.4, 0.5) is 11.4 Å². The van der Waals surface area contributed by atoms with E-state index in [4.69, 9.17) is 0 Å². The average molecular weight is 447 g/mol. The third-order valence-corrected chi connectivity index (χ3v) is 5.51. The van der Waals surface area contributed by atoms with Crippen LogP contribution in [0.5, 0.6) is 5.75 Å². The maximum absolute atomic E-state index is 12.6. The first-order chi connectivity index (χ1) is 12.8. The summed E-state index contributed by atoms with van der Waals surface area (Å²) in [4.78, 5) is 12.3. The fourth-order valence-corrected chi connectivity index (χ4v) is 3.68. The van der Waals surface area contributed by atoms with Crippen LogP contribution in [-0.4, -0.2) is 19.4 Å². The second kappa shape index (κ2) is 7.81. The maximum atomic E-state index is 12.6. The van der Waals surface area contributed by atoms with Crippen LogP contribution in [0.25, 0.3) is 0 Å². The van der Waals surface area contributed by atoms with Gasteiger partial charge in [0.15, 0.2) is 0 Å². The Morgan fingerprint density at radius 2 is 1.59 bits per heavy atom. The fraction of sp³-hybridized carbons (Fsp3) is 0. The van der Waals surface area contributed by atoms with Crippen LogP contribution in [0, 0.1) is 0 Å². The predicted molar refractivity (Wildman–Crippen MR) is 107 cm³/mol. The van der Waals surface area contributed by atoms with Crippen molar-refractivity contribution < 1.29 is 18.3 Å². The van der Waals surface area contributed by atoms with Gasteiger partial charge in [0.1, 0.15) is 5.75 Å². The van der Waals surface area contributed by atoms with Crippen LogP contribution in [0.15, 0.2) is 82.2 Å². The first-order valence-electron chi connectivity index (χ1n) is 7.82. The Hall–Kier alpha value is -2.84. The van der Waals surface area contributed by atoms with Gasteiger partial charge in [-0.05, 0) is 54.6 Å². The Bertz CT molecular complexity index is 1080. The number of nitrogens with one attached hydrogen (secondary N) is 2. The molecule has 0 heterocycles. The van der Waals surface area contributed by atoms with E-state index >= 15 is 0 Å². The minimum atomic E-state index is -3.91. The maximum Gasteiger partial charge on any atom is 0.261 e. The molecule has 3 aromatic carbocycles. The highest BCUT2D eigenvalue weighted by Gasteiger charge is 2.17. The molecule has 3 N–H and O–H groups in total. The summed E-state index contributed by atoms with van der Waals surface area (Å²) in [6, 6.07) is 18.5. The number of anilines is 2. The van der Waals surface area contributed by atoms with E-state index in [9.17, 15) is 18.3 Å². The third kappa shape index (κ3) is 4.87. The number of phenols is 1. The van der Waals surface area contributed by atoms with E-state index in [0.717, 1.165) is 4.47 Å². The first kappa shape index (κ1) is 18.9. The topological polar surface area (TPSA) is 95.5 Å². The number of hydrogen-bond donors (Lipinski definition) is 3. The second-order valence-electron chi connectivity index (χ2n) is 5.64. The lowest BCUT2D eigenvalue weighted by molar-refractivity contribution is 0.102. The van der Waals surface area contributed by atoms with Crippen molar-refractivity contribution in [2.45, 2.75) is 4.90 Å². The van der Waals surface area contributed by atoms with Crippen LogP contribution in [0.3, 0.4) is 0 Å². The minimum Gasteiger partial charge on any atom is -0.508 e. The van der Waals surface area contributed by atoms with Gasteiger partial charge < -0.3 is 10.4 Å². The highest BCUT2D eigenvalue weighted by molar-refractivity contribution is 9.10. The number of sulfonamides is 1. The monoisotopic (exact) mass is 446 g/mol. The Morgan fingerprint density at radius 3 is 2.30 bits per heavy atom. The summed E-state index contributed by atoms with van der Waals surface area (Å²) in [5, 5.41) is 12.2. The second-order valence-corrected chi connectivity index (χ2v) is 8.24. The normalized spacial score (nSPS) is 11.0. The van der Waals surface area contributed by atoms with E-state index in [0.29, 0.717) is 5.69 Å². The molecule has 0 spiro atoms. The van der Waals surface area contributed by atoms with E-state index < -0.39 is 15.9 Å². The summed E-state index contributed by atoms with van der Waals surface area (Å²) in [5.74, 6) is -0.482. The number of carbonyl (C=O) groups is 1. The van der Waals surface area contributed by atoms with Gasteiger partial charge in [-0.2, -0.15) is 0 Å². The largest absolute Gasteiger partial charge is 0.508 e. The number of halogens is 1. The van der Waals surface area contributed by atoms with Crippen molar-refractivity contribution >= 4 is 43.2 Å². The molecular formula is C19H15BrN2O4S. The van der Waals surface area contributed by atoms with Gasteiger partial charge in [-0.25, -0.2) is 8.42 Å². The molecule has 6 nitrogen and oxygen atoms in total. The van der Waals surface area contributed by atoms with Crippen molar-refractivity contribution in [3.05, 3.63) is 82.8 Å². The van der Waals surface area contributed by atoms with Gasteiger partial charge in [0.25, 0.3) is 15.9 Å². The van der Waals surface area contributed by atoms with Gasteiger partial charge >= 0.3 is 0 Å². The van der Waals surface area contributed by atoms with Gasteiger partial charge in [-0.15, -0.1) is 0 Å². The molecule has 3 aromatic rings. The molecule has 0 saturated heterocycles. The van der Waals surface area contributed by atoms with Crippen LogP contribution in [0.2, 0.25) is 0 Å². The van der Waals surface area contributed by atoms with E-state index in [2.05, 4.69) is 26.0 Å². The quantitative estimate of drug-likeness (QED) is 0.546. The SMILES string of the molecule is O=C(Nc1ccc(Br)cc1)c1cccc(S(=O)(=O)Nc2cccc(O)c2)c1. The Kier molecular flexibility index (Phi) is 5.48. The predicted octanol–water partition coefficient (Wildman–Crippen LogP) is 4.21. The lowest BCUT2D eigenvalue weighted by Gasteiger charge is -2.10. The van der Waals surface area contributed by atoms with Gasteiger partial charge in [-0.1, -0.05) is 28.1 Å². The zero-order valence-electron chi connectivity index (χ0n) is 13.9. The number of amides is 1. The van der Waals surface area contributed by atoms with E-state index in [1.807, 2.05) is 0 Å². The molecule has 8 heteroatoms. The fourth-order valence-electron chi connectivity index (χ4n) is 2.32. The van der Waals surface area contributed by atoms with Crippen molar-refractivity contribution in [1.82, 2.24) is 0 Å². The first-order valence-corrected chi connectivity index (χ1v) is 10.1. The molecule has 0 aliphatic heterocycles. The summed E-state index contributed by atoms with van der Waals surface area (Å²) >= 11 is 3.32. The molecule has 27 heavy (non-hydrogen) atoms. The Morgan fingerprint density at radius 1 is 0.889 bits per heavy atom. The van der Waals surface area contributed by atoms with Gasteiger partial charge in [0.05, 0.1) is 10.6 Å². The highest BCUT2D eigenvalue weighted by Crippen LogP contribution is 2.21. The average Bonchev–Trinajstić information content (AvgIpc) is 2.63. The summed E-state index contributed by atoms with van der Waals surface area (Å²) in [5.41, 5.74) is 1.02. The molecule has 0 aromatic heterocycles. The number of benzene rings is 3. The van der Waals surface area contributed by atoms with Crippen molar-refractivity contribution in [1.29, 1.82) is 0 Å². The highest BCUT2D eigenvalue weighted by atomic mass is 79.9. The summed E-state index contributed by atoms with van der Waals surface area (Å²) in [7, 11) is -3.91. The number of rotatable bonds is 5. The van der Waals surface area contributed by atoms with E-state index in [1.54, 1.807) is 24.3 Å². The van der Waals surface area contributed by atoms with Crippen LogP contribution in [0.1, 0.15) is 10.4 Å². The molecule has 3 rings (SSSR count). The summed E-state index contributed by atoms with van der Waals surface area (Å²) in [6.07, 6.45) is 0. The zero-order chi connectivity index (χ0) is 19.4. The number of hydrogen-bond acceptors (Lipinski definition) is 4. The van der Waals surface area contributed by atoms with Crippen molar-refractivity contribution in [2.75, 3.05) is 10.0 Å². The van der Waals surface area contributed by atoms with Crippen LogP contribution in [-0.2, 0) is 10.0 Å². The summed E-state index contributed by atoms with van der Waals surface area (Å²) < 4.78 is 28.4. The molecule has 0 fully saturated rings. The molecule has 138 valence electrons. The smallest absolute Gasteiger partial charge is 0.261 e. The summed E-state index contributed by atoms with van der Waals surface area (Å²) in [6.45, 7) is 0. The van der Waals surface area contributed by atoms with Crippen LogP contribution >= 0.6 is 15.9 Å². The molecule has 0 atom stereocenters. The van der Waals surface area contributed by atoms with Crippen molar-refractivity contribution in [3.8, 4) is 5.75 Å². The molecule has 0 saturated carbocycles. The minimum absolute atomic E-state index is 0.0576. The molecule has 1 amide bonds. The van der Waals surface area contributed by atoms with Crippen molar-refractivity contribution in [2.24, 2.45) is 0 Å². The number of phenolic OH excluding ortho intramolecular Hbond substituents is 1. The number of carbonyl (C=O) groups excluding carboxylic acids is 1. The van der Waals surface area contributed by atoms with E-state index in [-0.39, 0.29) is 21.9 Å². The van der Waals surface area contributed by atoms with Gasteiger partial charge in [0.2, 0.25) is 0 Å². The van der Waals surface area contributed by atoms with Gasteiger partial charge in [-0.3, -0.25) is 9.52 Å². The molecule has 0 radical (unpaired) electrons. The lowest BCUT2D eigenvalue weighted by Crippen LogP contribution is -2.16. The number of aromatic hydroxyl groups is 1. The molecule has 0 unspecified atom stereocenters. The molecule has 0 aliphatic carbocycles. The Labute approximate surface area is 165 Å². The Balaban J connectivity index is 1.81. The standard InChI is InChI=1S/C19H15BrN2O4S/c20-14-7-9-15(10-8-14)21-19(24)13-3-1-6-18(11-13)27(25,26)22-16-4-2-5-17(23)12-16/h1-12,22-23H,(H,21,24).